The van der Waals surface area contributed by atoms with Gasteiger partial charge in [-0.05, 0) is 17.7 Å². The molecule has 0 bridgehead atoms. The number of nitro groups is 2. The van der Waals surface area contributed by atoms with Gasteiger partial charge in [-0.25, -0.2) is 4.79 Å². The third-order valence-electron chi connectivity index (χ3n) is 3.45. The first kappa shape index (κ1) is 17.0. The quantitative estimate of drug-likeness (QED) is 0.502. The predicted octanol–water partition coefficient (Wildman–Crippen LogP) is 1.91. The van der Waals surface area contributed by atoms with Crippen molar-refractivity contribution in [3.63, 3.8) is 0 Å². The average Bonchev–Trinajstić information content (AvgIpc) is 2.60. The number of benzene rings is 2. The van der Waals surface area contributed by atoms with E-state index in [0.717, 1.165) is 25.3 Å². The van der Waals surface area contributed by atoms with Gasteiger partial charge in [-0.15, -0.1) is 0 Å². The molecule has 0 heterocycles. The number of nitro benzene ring substituents is 2. The summed E-state index contributed by atoms with van der Waals surface area (Å²) in [7, 11) is 1.05. The van der Waals surface area contributed by atoms with Crippen molar-refractivity contribution >= 4 is 17.3 Å². The molecule has 0 aliphatic rings. The van der Waals surface area contributed by atoms with Gasteiger partial charge in [-0.2, -0.15) is 0 Å². The van der Waals surface area contributed by atoms with Gasteiger partial charge in [0.2, 0.25) is 5.60 Å². The van der Waals surface area contributed by atoms with Crippen LogP contribution in [0.15, 0.2) is 48.5 Å². The maximum absolute atomic E-state index is 12.2. The van der Waals surface area contributed by atoms with E-state index in [1.54, 1.807) is 0 Å². The van der Waals surface area contributed by atoms with Crippen molar-refractivity contribution in [2.45, 2.75) is 5.60 Å². The van der Waals surface area contributed by atoms with Crippen LogP contribution in [-0.4, -0.2) is 28.0 Å². The van der Waals surface area contributed by atoms with Gasteiger partial charge in [-0.3, -0.25) is 20.2 Å². The van der Waals surface area contributed by atoms with E-state index in [0.29, 0.717) is 0 Å². The van der Waals surface area contributed by atoms with E-state index in [-0.39, 0.29) is 22.5 Å². The smallest absolute Gasteiger partial charge is 0.347 e. The molecule has 1 N–H and O–H groups in total. The van der Waals surface area contributed by atoms with Crippen LogP contribution in [0.25, 0.3) is 0 Å². The van der Waals surface area contributed by atoms with Gasteiger partial charge in [0.1, 0.15) is 0 Å². The lowest BCUT2D eigenvalue weighted by atomic mass is 9.86. The summed E-state index contributed by atoms with van der Waals surface area (Å²) in [6.45, 7) is 0. The minimum atomic E-state index is -2.34. The minimum absolute atomic E-state index is 0.0135. The van der Waals surface area contributed by atoms with E-state index >= 15 is 0 Å². The van der Waals surface area contributed by atoms with Crippen molar-refractivity contribution in [2.75, 3.05) is 7.11 Å². The number of hydrogen-bond acceptors (Lipinski definition) is 7. The van der Waals surface area contributed by atoms with Crippen molar-refractivity contribution in [1.29, 1.82) is 0 Å². The summed E-state index contributed by atoms with van der Waals surface area (Å²) in [6, 6.07) is 9.48. The molecule has 2 aromatic carbocycles. The Bertz CT molecular complexity index is 804. The SMILES string of the molecule is COC(=O)C(O)(c1ccc([N+](=O)[O-])cc1)c1cccc([N+](=O)[O-])c1. The van der Waals surface area contributed by atoms with Crippen LogP contribution >= 0.6 is 0 Å². The highest BCUT2D eigenvalue weighted by Gasteiger charge is 2.42. The lowest BCUT2D eigenvalue weighted by Gasteiger charge is -2.26. The monoisotopic (exact) mass is 332 g/mol. The third-order valence-corrected chi connectivity index (χ3v) is 3.45. The van der Waals surface area contributed by atoms with Gasteiger partial charge in [0.25, 0.3) is 11.4 Å². The summed E-state index contributed by atoms with van der Waals surface area (Å²) in [5.41, 5.74) is -2.99. The molecule has 0 radical (unpaired) electrons. The molecule has 0 aliphatic heterocycles. The maximum atomic E-state index is 12.2. The molecule has 2 rings (SSSR count). The topological polar surface area (TPSA) is 133 Å². The Balaban J connectivity index is 2.62. The van der Waals surface area contributed by atoms with Crippen LogP contribution in [0.5, 0.6) is 0 Å². The highest BCUT2D eigenvalue weighted by atomic mass is 16.6. The van der Waals surface area contributed by atoms with E-state index < -0.39 is 21.4 Å². The van der Waals surface area contributed by atoms with E-state index in [9.17, 15) is 30.1 Å². The normalized spacial score (nSPS) is 12.9. The van der Waals surface area contributed by atoms with E-state index in [4.69, 9.17) is 0 Å². The van der Waals surface area contributed by atoms with E-state index in [1.807, 2.05) is 0 Å². The first-order chi connectivity index (χ1) is 11.3. The summed E-state index contributed by atoms with van der Waals surface area (Å²) in [5, 5.41) is 32.5. The average molecular weight is 332 g/mol. The second-order valence-electron chi connectivity index (χ2n) is 4.81. The Morgan fingerprint density at radius 2 is 1.58 bits per heavy atom. The Morgan fingerprint density at radius 3 is 2.08 bits per heavy atom. The van der Waals surface area contributed by atoms with E-state index in [1.165, 1.54) is 30.3 Å². The summed E-state index contributed by atoms with van der Waals surface area (Å²) in [5.74, 6) is -1.07. The second kappa shape index (κ2) is 6.42. The largest absolute Gasteiger partial charge is 0.466 e. The van der Waals surface area contributed by atoms with Crippen molar-refractivity contribution in [3.05, 3.63) is 79.9 Å². The first-order valence-corrected chi connectivity index (χ1v) is 6.61. The van der Waals surface area contributed by atoms with Crippen molar-refractivity contribution in [2.24, 2.45) is 0 Å². The Labute approximate surface area is 135 Å². The summed E-state index contributed by atoms with van der Waals surface area (Å²) in [4.78, 5) is 32.5. The number of carbonyl (C=O) groups excluding carboxylic acids is 1. The van der Waals surface area contributed by atoms with Gasteiger partial charge in [-0.1, -0.05) is 12.1 Å². The standard InChI is InChI=1S/C15H12N2O7/c1-24-14(18)15(19,10-5-7-12(8-6-10)16(20)21)11-3-2-4-13(9-11)17(22)23/h2-9,19H,1H3. The van der Waals surface area contributed by atoms with Crippen LogP contribution in [0.2, 0.25) is 0 Å². The fraction of sp³-hybridized carbons (Fsp3) is 0.133. The Kier molecular flexibility index (Phi) is 4.56. The highest BCUT2D eigenvalue weighted by Crippen LogP contribution is 2.33. The summed E-state index contributed by atoms with van der Waals surface area (Å²) < 4.78 is 4.61. The molecule has 1 unspecified atom stereocenters. The molecule has 0 amide bonds. The van der Waals surface area contributed by atoms with Crippen LogP contribution in [0, 0.1) is 20.2 Å². The van der Waals surface area contributed by atoms with Crippen molar-refractivity contribution in [3.8, 4) is 0 Å². The summed E-state index contributed by atoms with van der Waals surface area (Å²) in [6.07, 6.45) is 0. The number of carbonyl (C=O) groups is 1. The molecular formula is C15H12N2O7. The number of esters is 1. The molecule has 0 aromatic heterocycles. The number of ether oxygens (including phenoxy) is 1. The molecule has 0 spiro atoms. The van der Waals surface area contributed by atoms with Crippen molar-refractivity contribution in [1.82, 2.24) is 0 Å². The van der Waals surface area contributed by atoms with E-state index in [2.05, 4.69) is 4.74 Å². The minimum Gasteiger partial charge on any atom is -0.466 e. The molecule has 0 saturated carbocycles. The lowest BCUT2D eigenvalue weighted by molar-refractivity contribution is -0.385. The van der Waals surface area contributed by atoms with Crippen LogP contribution in [0.3, 0.4) is 0 Å². The Hall–Kier alpha value is -3.33. The number of aliphatic hydroxyl groups is 1. The lowest BCUT2D eigenvalue weighted by Crippen LogP contribution is -2.38. The third kappa shape index (κ3) is 2.92. The zero-order valence-corrected chi connectivity index (χ0v) is 12.4. The molecule has 24 heavy (non-hydrogen) atoms. The van der Waals surface area contributed by atoms with Crippen molar-refractivity contribution < 1.29 is 24.5 Å². The van der Waals surface area contributed by atoms with Gasteiger partial charge in [0.15, 0.2) is 0 Å². The first-order valence-electron chi connectivity index (χ1n) is 6.61. The van der Waals surface area contributed by atoms with Gasteiger partial charge >= 0.3 is 5.97 Å². The molecule has 0 aliphatic carbocycles. The molecule has 0 fully saturated rings. The molecule has 0 saturated heterocycles. The number of non-ortho nitro benzene ring substituents is 2. The fourth-order valence-corrected chi connectivity index (χ4v) is 2.22. The molecule has 2 aromatic rings. The van der Waals surface area contributed by atoms with Gasteiger partial charge < -0.3 is 9.84 Å². The Morgan fingerprint density at radius 1 is 1.00 bits per heavy atom. The number of rotatable bonds is 5. The summed E-state index contributed by atoms with van der Waals surface area (Å²) >= 11 is 0. The fourth-order valence-electron chi connectivity index (χ4n) is 2.22. The molecule has 9 nitrogen and oxygen atoms in total. The van der Waals surface area contributed by atoms with Gasteiger partial charge in [0.05, 0.1) is 17.0 Å². The number of methoxy groups -OCH3 is 1. The highest BCUT2D eigenvalue weighted by molar-refractivity contribution is 5.85. The molecule has 9 heteroatoms. The predicted molar refractivity (Wildman–Crippen MR) is 81.2 cm³/mol. The number of nitrogens with zero attached hydrogens (tertiary/aromatic N) is 2. The second-order valence-corrected chi connectivity index (χ2v) is 4.81. The molecular weight excluding hydrogens is 320 g/mol. The zero-order valence-electron chi connectivity index (χ0n) is 12.4. The van der Waals surface area contributed by atoms with Crippen LogP contribution in [0.1, 0.15) is 11.1 Å². The van der Waals surface area contributed by atoms with Crippen LogP contribution < -0.4 is 0 Å². The molecule has 124 valence electrons. The molecule has 1 atom stereocenters. The zero-order chi connectivity index (χ0) is 17.9. The maximum Gasteiger partial charge on any atom is 0.347 e. The van der Waals surface area contributed by atoms with Crippen LogP contribution in [-0.2, 0) is 15.1 Å². The number of hydrogen-bond donors (Lipinski definition) is 1. The van der Waals surface area contributed by atoms with Crippen LogP contribution in [0.4, 0.5) is 11.4 Å². The van der Waals surface area contributed by atoms with Gasteiger partial charge in [0, 0.05) is 29.8 Å².